The van der Waals surface area contributed by atoms with Gasteiger partial charge in [-0.1, -0.05) is 17.7 Å². The van der Waals surface area contributed by atoms with Gasteiger partial charge in [0.25, 0.3) is 0 Å². The van der Waals surface area contributed by atoms with E-state index in [0.29, 0.717) is 17.3 Å². The van der Waals surface area contributed by atoms with Crippen molar-refractivity contribution in [2.45, 2.75) is 6.42 Å². The maximum atomic E-state index is 9.26. The Hall–Kier alpha value is -1.35. The summed E-state index contributed by atoms with van der Waals surface area (Å²) in [5.41, 5.74) is 0. The number of hydrogen-bond acceptors (Lipinski definition) is 3. The van der Waals surface area contributed by atoms with Crippen molar-refractivity contribution in [3.8, 4) is 0 Å². The predicted molar refractivity (Wildman–Crippen MR) is 50.6 cm³/mol. The fraction of sp³-hybridized carbons (Fsp3) is 0.111. The standard InChI is InChI=1S/C9H7ClN2O/c10-9-7-3-1-6(13)2-4-8(7)11-5-12-9/h1,3-5,13H,2H2. The summed E-state index contributed by atoms with van der Waals surface area (Å²) in [5, 5.41) is 11.2. The summed E-state index contributed by atoms with van der Waals surface area (Å²) in [6.07, 6.45) is 7.04. The molecule has 0 atom stereocenters. The van der Waals surface area contributed by atoms with Gasteiger partial charge >= 0.3 is 0 Å². The number of aliphatic hydroxyl groups excluding tert-OH is 1. The lowest BCUT2D eigenvalue weighted by Crippen LogP contribution is -2.29. The molecule has 3 nitrogen and oxygen atoms in total. The fourth-order valence-electron chi connectivity index (χ4n) is 1.15. The molecular formula is C9H7ClN2O. The highest BCUT2D eigenvalue weighted by Gasteiger charge is 1.99. The number of hydrogen-bond donors (Lipinski definition) is 1. The van der Waals surface area contributed by atoms with Crippen molar-refractivity contribution in [2.75, 3.05) is 0 Å². The topological polar surface area (TPSA) is 46.0 Å². The van der Waals surface area contributed by atoms with Crippen LogP contribution in [0.4, 0.5) is 0 Å². The quantitative estimate of drug-likeness (QED) is 0.613. The van der Waals surface area contributed by atoms with E-state index in [1.54, 1.807) is 12.2 Å². The zero-order chi connectivity index (χ0) is 9.26. The summed E-state index contributed by atoms with van der Waals surface area (Å²) >= 11 is 5.85. The molecule has 0 unspecified atom stereocenters. The number of rotatable bonds is 0. The molecular weight excluding hydrogens is 188 g/mol. The first kappa shape index (κ1) is 8.26. The molecule has 0 spiro atoms. The number of halogens is 1. The van der Waals surface area contributed by atoms with Gasteiger partial charge in [0.1, 0.15) is 11.5 Å². The molecule has 13 heavy (non-hydrogen) atoms. The molecule has 66 valence electrons. The summed E-state index contributed by atoms with van der Waals surface area (Å²) in [4.78, 5) is 7.90. The smallest absolute Gasteiger partial charge is 0.140 e. The van der Waals surface area contributed by atoms with Gasteiger partial charge in [-0.2, -0.15) is 0 Å². The van der Waals surface area contributed by atoms with E-state index in [9.17, 15) is 5.11 Å². The van der Waals surface area contributed by atoms with Crippen LogP contribution in [0.3, 0.4) is 0 Å². The molecule has 1 aliphatic rings. The Morgan fingerprint density at radius 3 is 3.00 bits per heavy atom. The van der Waals surface area contributed by atoms with Crippen LogP contribution in [0, 0.1) is 0 Å². The monoisotopic (exact) mass is 194 g/mol. The van der Waals surface area contributed by atoms with E-state index in [1.165, 1.54) is 6.33 Å². The SMILES string of the molecule is OC1=CC=c2c(Cl)ncnc2=CC1. The summed E-state index contributed by atoms with van der Waals surface area (Å²) < 4.78 is 0. The van der Waals surface area contributed by atoms with Crippen LogP contribution in [0.5, 0.6) is 0 Å². The maximum Gasteiger partial charge on any atom is 0.140 e. The van der Waals surface area contributed by atoms with E-state index >= 15 is 0 Å². The Bertz CT molecular complexity index is 479. The van der Waals surface area contributed by atoms with Gasteiger partial charge in [-0.15, -0.1) is 0 Å². The fourth-order valence-corrected chi connectivity index (χ4v) is 1.36. The molecule has 0 aliphatic heterocycles. The molecule has 1 heterocycles. The van der Waals surface area contributed by atoms with Crippen LogP contribution < -0.4 is 10.6 Å². The largest absolute Gasteiger partial charge is 0.512 e. The van der Waals surface area contributed by atoms with Crippen LogP contribution in [-0.4, -0.2) is 15.1 Å². The number of fused-ring (bicyclic) bond motifs is 1. The average molecular weight is 195 g/mol. The summed E-state index contributed by atoms with van der Waals surface area (Å²) in [6.45, 7) is 0. The van der Waals surface area contributed by atoms with E-state index < -0.39 is 0 Å². The maximum absolute atomic E-state index is 9.26. The zero-order valence-electron chi connectivity index (χ0n) is 6.74. The van der Waals surface area contributed by atoms with Gasteiger partial charge in [0.05, 0.1) is 11.1 Å². The van der Waals surface area contributed by atoms with Gasteiger partial charge in [0.15, 0.2) is 0 Å². The molecule has 0 amide bonds. The first-order chi connectivity index (χ1) is 6.27. The Morgan fingerprint density at radius 1 is 1.31 bits per heavy atom. The molecule has 0 fully saturated rings. The number of allylic oxidation sites excluding steroid dienone is 2. The van der Waals surface area contributed by atoms with Crippen LogP contribution in [0.2, 0.25) is 5.15 Å². The third kappa shape index (κ3) is 1.55. The van der Waals surface area contributed by atoms with Crippen molar-refractivity contribution in [3.05, 3.63) is 33.9 Å². The highest BCUT2D eigenvalue weighted by Crippen LogP contribution is 2.00. The molecule has 0 saturated heterocycles. The van der Waals surface area contributed by atoms with Crippen LogP contribution in [0.1, 0.15) is 6.42 Å². The number of aliphatic hydroxyl groups is 1. The third-order valence-electron chi connectivity index (χ3n) is 1.81. The summed E-state index contributed by atoms with van der Waals surface area (Å²) in [6, 6.07) is 0. The van der Waals surface area contributed by atoms with Gasteiger partial charge in [0.2, 0.25) is 0 Å². The van der Waals surface area contributed by atoms with E-state index in [2.05, 4.69) is 9.97 Å². The van der Waals surface area contributed by atoms with Crippen molar-refractivity contribution >= 4 is 23.8 Å². The van der Waals surface area contributed by atoms with Crippen molar-refractivity contribution in [2.24, 2.45) is 0 Å². The molecule has 0 radical (unpaired) electrons. The lowest BCUT2D eigenvalue weighted by atomic mass is 10.3. The van der Waals surface area contributed by atoms with Gasteiger partial charge in [0, 0.05) is 11.6 Å². The molecule has 1 aliphatic carbocycles. The highest BCUT2D eigenvalue weighted by atomic mass is 35.5. The first-order valence-corrected chi connectivity index (χ1v) is 4.22. The van der Waals surface area contributed by atoms with Crippen molar-refractivity contribution in [1.29, 1.82) is 0 Å². The molecule has 1 aromatic rings. The van der Waals surface area contributed by atoms with Crippen LogP contribution in [0.25, 0.3) is 12.2 Å². The normalized spacial score (nSPS) is 14.7. The van der Waals surface area contributed by atoms with E-state index in [4.69, 9.17) is 11.6 Å². The van der Waals surface area contributed by atoms with Crippen LogP contribution in [0.15, 0.2) is 18.2 Å². The first-order valence-electron chi connectivity index (χ1n) is 3.84. The highest BCUT2D eigenvalue weighted by molar-refractivity contribution is 6.29. The minimum atomic E-state index is 0.300. The van der Waals surface area contributed by atoms with E-state index in [0.717, 1.165) is 10.6 Å². The summed E-state index contributed by atoms with van der Waals surface area (Å²) in [5.74, 6) is 0.300. The second-order valence-corrected chi connectivity index (χ2v) is 3.05. The lowest BCUT2D eigenvalue weighted by molar-refractivity contribution is 0.405. The third-order valence-corrected chi connectivity index (χ3v) is 2.11. The second-order valence-electron chi connectivity index (χ2n) is 2.70. The van der Waals surface area contributed by atoms with E-state index in [1.807, 2.05) is 6.08 Å². The Morgan fingerprint density at radius 2 is 2.15 bits per heavy atom. The minimum absolute atomic E-state index is 0.300. The average Bonchev–Trinajstić information content (AvgIpc) is 2.30. The van der Waals surface area contributed by atoms with Crippen LogP contribution >= 0.6 is 11.6 Å². The molecule has 1 N–H and O–H groups in total. The van der Waals surface area contributed by atoms with Gasteiger partial charge in [-0.3, -0.25) is 0 Å². The molecule has 4 heteroatoms. The van der Waals surface area contributed by atoms with Gasteiger partial charge in [-0.05, 0) is 12.2 Å². The van der Waals surface area contributed by atoms with Crippen molar-refractivity contribution in [1.82, 2.24) is 9.97 Å². The minimum Gasteiger partial charge on any atom is -0.512 e. The predicted octanol–water partition coefficient (Wildman–Crippen LogP) is 0.537. The Balaban J connectivity index is 2.79. The Kier molecular flexibility index (Phi) is 2.02. The second kappa shape index (κ2) is 3.18. The van der Waals surface area contributed by atoms with Crippen LogP contribution in [-0.2, 0) is 0 Å². The number of nitrogens with zero attached hydrogens (tertiary/aromatic N) is 2. The number of aromatic nitrogens is 2. The van der Waals surface area contributed by atoms with Gasteiger partial charge in [-0.25, -0.2) is 9.97 Å². The zero-order valence-corrected chi connectivity index (χ0v) is 7.49. The molecule has 0 saturated carbocycles. The molecule has 0 bridgehead atoms. The van der Waals surface area contributed by atoms with Crippen molar-refractivity contribution in [3.63, 3.8) is 0 Å². The Labute approximate surface area is 79.7 Å². The van der Waals surface area contributed by atoms with Gasteiger partial charge < -0.3 is 5.11 Å². The molecule has 2 rings (SSSR count). The molecule has 1 aromatic heterocycles. The summed E-state index contributed by atoms with van der Waals surface area (Å²) in [7, 11) is 0. The lowest BCUT2D eigenvalue weighted by Gasteiger charge is -1.89. The molecule has 0 aromatic carbocycles. The van der Waals surface area contributed by atoms with Crippen molar-refractivity contribution < 1.29 is 5.11 Å². The van der Waals surface area contributed by atoms with E-state index in [-0.39, 0.29) is 0 Å².